The highest BCUT2D eigenvalue weighted by Gasteiger charge is 2.17. The molecular formula is C25H21ClN4O3S. The van der Waals surface area contributed by atoms with Crippen LogP contribution in [0.4, 0.5) is 5.69 Å². The maximum absolute atomic E-state index is 12.6. The first-order valence-electron chi connectivity index (χ1n) is 10.4. The van der Waals surface area contributed by atoms with Crippen molar-refractivity contribution in [3.8, 4) is 5.69 Å². The van der Waals surface area contributed by atoms with Crippen LogP contribution >= 0.6 is 23.4 Å². The molecule has 0 fully saturated rings. The molecule has 3 aromatic carbocycles. The van der Waals surface area contributed by atoms with Crippen molar-refractivity contribution in [2.45, 2.75) is 11.6 Å². The summed E-state index contributed by atoms with van der Waals surface area (Å²) in [5.41, 5.74) is 2.97. The third kappa shape index (κ3) is 5.84. The lowest BCUT2D eigenvalue weighted by molar-refractivity contribution is -0.113. The van der Waals surface area contributed by atoms with Crippen LogP contribution in [0.2, 0.25) is 5.02 Å². The molecule has 0 atom stereocenters. The van der Waals surface area contributed by atoms with E-state index in [-0.39, 0.29) is 11.7 Å². The van der Waals surface area contributed by atoms with Gasteiger partial charge in [0.2, 0.25) is 5.91 Å². The van der Waals surface area contributed by atoms with Gasteiger partial charge >= 0.3 is 5.97 Å². The minimum Gasteiger partial charge on any atom is -0.465 e. The number of methoxy groups -OCH3 is 1. The van der Waals surface area contributed by atoms with Gasteiger partial charge in [-0.05, 0) is 54.1 Å². The number of nitrogens with one attached hydrogen (secondary N) is 1. The summed E-state index contributed by atoms with van der Waals surface area (Å²) in [5.74, 6) is 0.262. The normalized spacial score (nSPS) is 10.6. The molecule has 1 amide bonds. The van der Waals surface area contributed by atoms with E-state index in [9.17, 15) is 9.59 Å². The number of benzene rings is 3. The van der Waals surface area contributed by atoms with E-state index in [0.29, 0.717) is 27.9 Å². The Morgan fingerprint density at radius 3 is 2.35 bits per heavy atom. The Labute approximate surface area is 206 Å². The van der Waals surface area contributed by atoms with Gasteiger partial charge in [-0.1, -0.05) is 53.7 Å². The first-order valence-corrected chi connectivity index (χ1v) is 11.7. The number of hydrogen-bond donors (Lipinski definition) is 1. The topological polar surface area (TPSA) is 86.1 Å². The van der Waals surface area contributed by atoms with Crippen molar-refractivity contribution in [2.75, 3.05) is 18.2 Å². The Bertz CT molecular complexity index is 1280. The van der Waals surface area contributed by atoms with Crippen LogP contribution in [-0.4, -0.2) is 39.5 Å². The molecule has 0 saturated heterocycles. The smallest absolute Gasteiger partial charge is 0.337 e. The van der Waals surface area contributed by atoms with Gasteiger partial charge in [0.1, 0.15) is 5.82 Å². The summed E-state index contributed by atoms with van der Waals surface area (Å²) < 4.78 is 6.62. The molecule has 0 radical (unpaired) electrons. The second-order valence-corrected chi connectivity index (χ2v) is 8.66. The minimum absolute atomic E-state index is 0.135. The second kappa shape index (κ2) is 11.0. The number of amides is 1. The number of carbonyl (C=O) groups is 2. The van der Waals surface area contributed by atoms with E-state index in [4.69, 9.17) is 11.6 Å². The highest BCUT2D eigenvalue weighted by molar-refractivity contribution is 7.99. The molecule has 1 aromatic heterocycles. The molecule has 1 heterocycles. The van der Waals surface area contributed by atoms with Crippen LogP contribution in [0.1, 0.15) is 21.7 Å². The zero-order chi connectivity index (χ0) is 23.9. The predicted octanol–water partition coefficient (Wildman–Crippen LogP) is 5.03. The summed E-state index contributed by atoms with van der Waals surface area (Å²) in [6, 6.07) is 23.9. The highest BCUT2D eigenvalue weighted by Crippen LogP contribution is 2.25. The van der Waals surface area contributed by atoms with Crippen molar-refractivity contribution in [3.05, 3.63) is 101 Å². The van der Waals surface area contributed by atoms with E-state index in [0.717, 1.165) is 17.1 Å². The van der Waals surface area contributed by atoms with Crippen molar-refractivity contribution in [2.24, 2.45) is 0 Å². The first-order chi connectivity index (χ1) is 16.5. The maximum atomic E-state index is 12.6. The summed E-state index contributed by atoms with van der Waals surface area (Å²) in [5, 5.41) is 12.8. The van der Waals surface area contributed by atoms with Gasteiger partial charge in [0.15, 0.2) is 5.16 Å². The van der Waals surface area contributed by atoms with Crippen molar-refractivity contribution in [3.63, 3.8) is 0 Å². The molecule has 34 heavy (non-hydrogen) atoms. The lowest BCUT2D eigenvalue weighted by atomic mass is 10.1. The van der Waals surface area contributed by atoms with Gasteiger partial charge in [-0.15, -0.1) is 10.2 Å². The zero-order valence-corrected chi connectivity index (χ0v) is 19.8. The van der Waals surface area contributed by atoms with Crippen LogP contribution < -0.4 is 5.32 Å². The number of nitrogens with zero attached hydrogens (tertiary/aromatic N) is 3. The Morgan fingerprint density at radius 2 is 1.68 bits per heavy atom. The largest absolute Gasteiger partial charge is 0.465 e. The molecule has 0 unspecified atom stereocenters. The van der Waals surface area contributed by atoms with Crippen molar-refractivity contribution >= 4 is 40.9 Å². The molecule has 172 valence electrons. The third-order valence-corrected chi connectivity index (χ3v) is 6.09. The van der Waals surface area contributed by atoms with Gasteiger partial charge in [-0.2, -0.15) is 0 Å². The number of esters is 1. The number of rotatable bonds is 8. The van der Waals surface area contributed by atoms with E-state index < -0.39 is 5.97 Å². The molecule has 0 saturated carbocycles. The molecule has 1 N–H and O–H groups in total. The molecule has 0 aliphatic carbocycles. The van der Waals surface area contributed by atoms with Crippen LogP contribution in [0.5, 0.6) is 0 Å². The van der Waals surface area contributed by atoms with Crippen LogP contribution in [0.25, 0.3) is 5.69 Å². The van der Waals surface area contributed by atoms with Crippen LogP contribution in [-0.2, 0) is 16.0 Å². The van der Waals surface area contributed by atoms with Gasteiger partial charge in [-0.3, -0.25) is 9.36 Å². The number of anilines is 1. The van der Waals surface area contributed by atoms with Crippen molar-refractivity contribution in [1.82, 2.24) is 14.8 Å². The quantitative estimate of drug-likeness (QED) is 0.274. The molecule has 4 aromatic rings. The van der Waals surface area contributed by atoms with E-state index in [1.165, 1.54) is 18.9 Å². The Kier molecular flexibility index (Phi) is 7.61. The predicted molar refractivity (Wildman–Crippen MR) is 133 cm³/mol. The maximum Gasteiger partial charge on any atom is 0.337 e. The molecule has 0 aliphatic rings. The molecule has 9 heteroatoms. The van der Waals surface area contributed by atoms with Crippen LogP contribution in [0, 0.1) is 0 Å². The third-order valence-electron chi connectivity index (χ3n) is 4.91. The number of halogens is 1. The first kappa shape index (κ1) is 23.5. The number of carbonyl (C=O) groups excluding carboxylic acids is 2. The van der Waals surface area contributed by atoms with E-state index in [1.54, 1.807) is 24.3 Å². The second-order valence-electron chi connectivity index (χ2n) is 7.28. The molecule has 7 nitrogen and oxygen atoms in total. The lowest BCUT2D eigenvalue weighted by Crippen LogP contribution is -2.15. The molecule has 0 spiro atoms. The van der Waals surface area contributed by atoms with Gasteiger partial charge in [-0.25, -0.2) is 4.79 Å². The number of hydrogen-bond acceptors (Lipinski definition) is 6. The van der Waals surface area contributed by atoms with E-state index in [2.05, 4.69) is 20.3 Å². The lowest BCUT2D eigenvalue weighted by Gasteiger charge is -2.11. The Hall–Kier alpha value is -3.62. The van der Waals surface area contributed by atoms with Gasteiger partial charge in [0, 0.05) is 22.8 Å². The molecule has 4 rings (SSSR count). The fraction of sp³-hybridized carbons (Fsp3) is 0.120. The van der Waals surface area contributed by atoms with Crippen molar-refractivity contribution < 1.29 is 14.3 Å². The summed E-state index contributed by atoms with van der Waals surface area (Å²) in [7, 11) is 1.32. The fourth-order valence-electron chi connectivity index (χ4n) is 3.27. The summed E-state index contributed by atoms with van der Waals surface area (Å²) >= 11 is 7.36. The summed E-state index contributed by atoms with van der Waals surface area (Å²) in [4.78, 5) is 24.1. The van der Waals surface area contributed by atoms with E-state index in [1.807, 2.05) is 59.2 Å². The van der Waals surface area contributed by atoms with Crippen LogP contribution in [0.3, 0.4) is 0 Å². The molecule has 0 aliphatic heterocycles. The van der Waals surface area contributed by atoms with Gasteiger partial charge in [0.05, 0.1) is 18.4 Å². The highest BCUT2D eigenvalue weighted by atomic mass is 35.5. The SMILES string of the molecule is COC(=O)c1ccc(NC(=O)CSc2nnc(Cc3ccccc3)n2-c2ccc(Cl)cc2)cc1. The minimum atomic E-state index is -0.429. The number of aromatic nitrogens is 3. The Balaban J connectivity index is 1.49. The van der Waals surface area contributed by atoms with Crippen LogP contribution in [0.15, 0.2) is 84.0 Å². The average Bonchev–Trinajstić information content (AvgIpc) is 3.26. The zero-order valence-electron chi connectivity index (χ0n) is 18.3. The average molecular weight is 493 g/mol. The van der Waals surface area contributed by atoms with E-state index >= 15 is 0 Å². The standard InChI is InChI=1S/C25H21ClN4O3S/c1-33-24(32)18-7-11-20(12-8-18)27-23(31)16-34-25-29-28-22(15-17-5-3-2-4-6-17)30(25)21-13-9-19(26)10-14-21/h2-14H,15-16H2,1H3,(H,27,31). The number of thioether (sulfide) groups is 1. The summed E-state index contributed by atoms with van der Waals surface area (Å²) in [6.45, 7) is 0. The fourth-order valence-corrected chi connectivity index (χ4v) is 4.17. The summed E-state index contributed by atoms with van der Waals surface area (Å²) in [6.07, 6.45) is 0.593. The number of ether oxygens (including phenoxy) is 1. The molecule has 0 bridgehead atoms. The molecular weight excluding hydrogens is 472 g/mol. The monoisotopic (exact) mass is 492 g/mol. The van der Waals surface area contributed by atoms with Crippen molar-refractivity contribution in [1.29, 1.82) is 0 Å². The Morgan fingerprint density at radius 1 is 0.971 bits per heavy atom. The van der Waals surface area contributed by atoms with Gasteiger partial charge in [0.25, 0.3) is 0 Å². The van der Waals surface area contributed by atoms with Gasteiger partial charge < -0.3 is 10.1 Å².